The molecule has 0 unspecified atom stereocenters. The van der Waals surface area contributed by atoms with Gasteiger partial charge in [-0.1, -0.05) is 6.07 Å². The minimum Gasteiger partial charge on any atom is -0.465 e. The van der Waals surface area contributed by atoms with Gasteiger partial charge in [0, 0.05) is 11.8 Å². The quantitative estimate of drug-likeness (QED) is 0.683. The molecule has 0 bridgehead atoms. The maximum atomic E-state index is 12.0. The molecule has 0 fully saturated rings. The largest absolute Gasteiger partial charge is 0.465 e. The topological polar surface area (TPSA) is 66.0 Å². The van der Waals surface area contributed by atoms with Crippen molar-refractivity contribution in [2.24, 2.45) is 0 Å². The Morgan fingerprint density at radius 3 is 2.70 bits per heavy atom. The van der Waals surface area contributed by atoms with E-state index in [2.05, 4.69) is 5.32 Å². The molecule has 1 N–H and O–H groups in total. The Morgan fingerprint density at radius 1 is 1.30 bits per heavy atom. The van der Waals surface area contributed by atoms with E-state index in [4.69, 9.17) is 9.68 Å². The third-order valence-electron chi connectivity index (χ3n) is 2.96. The number of nitrogens with one attached hydrogen (secondary N) is 1. The molecule has 1 heterocycles. The van der Waals surface area contributed by atoms with Crippen LogP contribution in [-0.2, 0) is 4.79 Å². The first-order chi connectivity index (χ1) is 9.60. The van der Waals surface area contributed by atoms with Crippen molar-refractivity contribution in [3.05, 3.63) is 59.1 Å². The predicted molar refractivity (Wildman–Crippen MR) is 76.8 cm³/mol. The van der Waals surface area contributed by atoms with E-state index in [1.165, 1.54) is 12.3 Å². The lowest BCUT2D eigenvalue weighted by Crippen LogP contribution is -2.13. The zero-order chi connectivity index (χ0) is 14.5. The monoisotopic (exact) mass is 266 g/mol. The second-order valence-corrected chi connectivity index (χ2v) is 4.44. The van der Waals surface area contributed by atoms with Gasteiger partial charge in [-0.15, -0.1) is 0 Å². The van der Waals surface area contributed by atoms with Gasteiger partial charge in [0.15, 0.2) is 0 Å². The standard InChI is InChI=1S/C16H14N2O2/c1-11-5-6-14(8-12(11)2)18-16(19)13(10-17)9-15-4-3-7-20-15/h3-9H,1-2H3,(H,18,19)/b13-9-. The molecule has 0 saturated carbocycles. The van der Waals surface area contributed by atoms with Gasteiger partial charge in [-0.2, -0.15) is 5.26 Å². The van der Waals surface area contributed by atoms with Crippen LogP contribution in [0.5, 0.6) is 0 Å². The number of furan rings is 1. The average Bonchev–Trinajstić information content (AvgIpc) is 2.93. The summed E-state index contributed by atoms with van der Waals surface area (Å²) in [5, 5.41) is 11.8. The number of carbonyl (C=O) groups is 1. The van der Waals surface area contributed by atoms with Crippen molar-refractivity contribution in [1.82, 2.24) is 0 Å². The van der Waals surface area contributed by atoms with Gasteiger partial charge in [-0.25, -0.2) is 0 Å². The molecule has 1 aromatic heterocycles. The minimum absolute atomic E-state index is 0.00169. The molecule has 4 heteroatoms. The van der Waals surface area contributed by atoms with Gasteiger partial charge >= 0.3 is 0 Å². The Bertz CT molecular complexity index is 692. The summed E-state index contributed by atoms with van der Waals surface area (Å²) < 4.78 is 5.09. The van der Waals surface area contributed by atoms with Gasteiger partial charge in [0.1, 0.15) is 17.4 Å². The Kier molecular flexibility index (Phi) is 4.02. The third kappa shape index (κ3) is 3.15. The van der Waals surface area contributed by atoms with Gasteiger partial charge in [0.25, 0.3) is 5.91 Å². The highest BCUT2D eigenvalue weighted by atomic mass is 16.3. The Labute approximate surface area is 117 Å². The molecule has 20 heavy (non-hydrogen) atoms. The summed E-state index contributed by atoms with van der Waals surface area (Å²) in [5.41, 5.74) is 2.89. The maximum Gasteiger partial charge on any atom is 0.266 e. The normalized spacial score (nSPS) is 10.9. The molecular weight excluding hydrogens is 252 g/mol. The third-order valence-corrected chi connectivity index (χ3v) is 2.96. The molecule has 0 aliphatic rings. The highest BCUT2D eigenvalue weighted by molar-refractivity contribution is 6.09. The van der Waals surface area contributed by atoms with Crippen molar-refractivity contribution in [3.63, 3.8) is 0 Å². The second-order valence-electron chi connectivity index (χ2n) is 4.44. The fourth-order valence-corrected chi connectivity index (χ4v) is 1.68. The molecule has 0 aliphatic carbocycles. The summed E-state index contributed by atoms with van der Waals surface area (Å²) in [7, 11) is 0. The lowest BCUT2D eigenvalue weighted by Gasteiger charge is -2.06. The molecule has 1 aromatic carbocycles. The van der Waals surface area contributed by atoms with Gasteiger partial charge in [0.05, 0.1) is 6.26 Å². The first-order valence-electron chi connectivity index (χ1n) is 6.14. The van der Waals surface area contributed by atoms with Crippen LogP contribution in [-0.4, -0.2) is 5.91 Å². The predicted octanol–water partition coefficient (Wildman–Crippen LogP) is 3.44. The van der Waals surface area contributed by atoms with E-state index in [1.807, 2.05) is 38.1 Å². The summed E-state index contributed by atoms with van der Waals surface area (Å²) in [4.78, 5) is 12.0. The Hall–Kier alpha value is -2.80. The summed E-state index contributed by atoms with van der Waals surface area (Å²) in [6, 6.07) is 10.9. The fraction of sp³-hybridized carbons (Fsp3) is 0.125. The van der Waals surface area contributed by atoms with Crippen molar-refractivity contribution in [2.75, 3.05) is 5.32 Å². The molecule has 0 saturated heterocycles. The lowest BCUT2D eigenvalue weighted by atomic mass is 10.1. The van der Waals surface area contributed by atoms with Crippen LogP contribution >= 0.6 is 0 Å². The highest BCUT2D eigenvalue weighted by Crippen LogP contribution is 2.15. The summed E-state index contributed by atoms with van der Waals surface area (Å²) in [5.74, 6) is 0.0175. The molecule has 0 atom stereocenters. The maximum absolute atomic E-state index is 12.0. The number of aryl methyl sites for hydroxylation is 2. The number of rotatable bonds is 3. The van der Waals surface area contributed by atoms with E-state index in [9.17, 15) is 4.79 Å². The molecule has 1 amide bonds. The van der Waals surface area contributed by atoms with Gasteiger partial charge in [-0.05, 0) is 49.2 Å². The number of nitrogens with zero attached hydrogens (tertiary/aromatic N) is 1. The zero-order valence-electron chi connectivity index (χ0n) is 11.3. The molecular formula is C16H14N2O2. The molecule has 2 aromatic rings. The number of anilines is 1. The first kappa shape index (κ1) is 13.6. The molecule has 100 valence electrons. The van der Waals surface area contributed by atoms with Crippen LogP contribution in [0.3, 0.4) is 0 Å². The van der Waals surface area contributed by atoms with Crippen molar-refractivity contribution in [2.45, 2.75) is 13.8 Å². The van der Waals surface area contributed by atoms with E-state index in [-0.39, 0.29) is 5.57 Å². The van der Waals surface area contributed by atoms with Crippen molar-refractivity contribution < 1.29 is 9.21 Å². The average molecular weight is 266 g/mol. The van der Waals surface area contributed by atoms with Crippen LogP contribution < -0.4 is 5.32 Å². The molecule has 2 rings (SSSR count). The molecule has 0 radical (unpaired) electrons. The Balaban J connectivity index is 2.18. The molecule has 0 spiro atoms. The van der Waals surface area contributed by atoms with Crippen molar-refractivity contribution in [3.8, 4) is 6.07 Å². The van der Waals surface area contributed by atoms with Crippen LogP contribution in [0.1, 0.15) is 16.9 Å². The molecule has 0 aliphatic heterocycles. The van der Waals surface area contributed by atoms with E-state index in [0.717, 1.165) is 11.1 Å². The van der Waals surface area contributed by atoms with Gasteiger partial charge in [0.2, 0.25) is 0 Å². The van der Waals surface area contributed by atoms with Gasteiger partial charge in [-0.3, -0.25) is 4.79 Å². The van der Waals surface area contributed by atoms with Crippen LogP contribution in [0, 0.1) is 25.2 Å². The molecule has 4 nitrogen and oxygen atoms in total. The van der Waals surface area contributed by atoms with Crippen LogP contribution in [0.15, 0.2) is 46.6 Å². The van der Waals surface area contributed by atoms with E-state index in [0.29, 0.717) is 11.4 Å². The smallest absolute Gasteiger partial charge is 0.266 e. The Morgan fingerprint density at radius 2 is 2.10 bits per heavy atom. The number of benzene rings is 1. The first-order valence-corrected chi connectivity index (χ1v) is 6.14. The van der Waals surface area contributed by atoms with Crippen LogP contribution in [0.4, 0.5) is 5.69 Å². The van der Waals surface area contributed by atoms with Gasteiger partial charge < -0.3 is 9.73 Å². The zero-order valence-corrected chi connectivity index (χ0v) is 11.3. The number of hydrogen-bond donors (Lipinski definition) is 1. The summed E-state index contributed by atoms with van der Waals surface area (Å²) in [6.45, 7) is 3.97. The van der Waals surface area contributed by atoms with E-state index in [1.54, 1.807) is 12.1 Å². The summed E-state index contributed by atoms with van der Waals surface area (Å²) in [6.07, 6.45) is 2.90. The van der Waals surface area contributed by atoms with Crippen LogP contribution in [0.25, 0.3) is 6.08 Å². The minimum atomic E-state index is -0.452. The van der Waals surface area contributed by atoms with Crippen molar-refractivity contribution in [1.29, 1.82) is 5.26 Å². The second kappa shape index (κ2) is 5.89. The SMILES string of the molecule is Cc1ccc(NC(=O)/C(C#N)=C\c2ccco2)cc1C. The van der Waals surface area contributed by atoms with E-state index >= 15 is 0 Å². The fourth-order valence-electron chi connectivity index (χ4n) is 1.68. The van der Waals surface area contributed by atoms with Crippen molar-refractivity contribution >= 4 is 17.7 Å². The van der Waals surface area contributed by atoms with Crippen LogP contribution in [0.2, 0.25) is 0 Å². The number of carbonyl (C=O) groups excluding carboxylic acids is 1. The summed E-state index contributed by atoms with van der Waals surface area (Å²) >= 11 is 0. The highest BCUT2D eigenvalue weighted by Gasteiger charge is 2.10. The lowest BCUT2D eigenvalue weighted by molar-refractivity contribution is -0.112. The number of nitriles is 1. The van der Waals surface area contributed by atoms with E-state index < -0.39 is 5.91 Å². The number of hydrogen-bond acceptors (Lipinski definition) is 3. The number of amides is 1.